The first-order valence-electron chi connectivity index (χ1n) is 18.2. The Bertz CT molecular complexity index is 2420. The summed E-state index contributed by atoms with van der Waals surface area (Å²) in [6, 6.07) is 25.0. The lowest BCUT2D eigenvalue weighted by Gasteiger charge is -2.55. The van der Waals surface area contributed by atoms with Gasteiger partial charge in [-0.2, -0.15) is 0 Å². The van der Waals surface area contributed by atoms with Crippen molar-refractivity contribution in [2.75, 3.05) is 23.9 Å². The van der Waals surface area contributed by atoms with Gasteiger partial charge in [-0.1, -0.05) is 90.5 Å². The molecule has 0 bridgehead atoms. The number of hydrogen-bond acceptors (Lipinski definition) is 10. The third kappa shape index (κ3) is 5.14. The number of rotatable bonds is 7. The first-order valence-corrected chi connectivity index (χ1v) is 18.2. The Hall–Kier alpha value is -6.76. The molecule has 3 aliphatic carbocycles. The van der Waals surface area contributed by atoms with E-state index < -0.39 is 68.0 Å². The van der Waals surface area contributed by atoms with Crippen LogP contribution in [0.25, 0.3) is 5.57 Å². The lowest BCUT2D eigenvalue weighted by Crippen LogP contribution is -2.58. The molecule has 1 heterocycles. The van der Waals surface area contributed by atoms with Gasteiger partial charge in [0, 0.05) is 49.2 Å². The zero-order valence-electron chi connectivity index (χ0n) is 30.6. The molecular formula is C43H36N4O9. The summed E-state index contributed by atoms with van der Waals surface area (Å²) in [7, 11) is 2.83. The molecule has 1 aliphatic heterocycles. The predicted molar refractivity (Wildman–Crippen MR) is 206 cm³/mol. The van der Waals surface area contributed by atoms with Crippen LogP contribution in [0, 0.1) is 50.8 Å². The number of allylic oxidation sites excluding steroid dienone is 4. The maximum atomic E-state index is 15.2. The number of aromatic hydroxyl groups is 1. The average molecular weight is 753 g/mol. The molecule has 6 atom stereocenters. The third-order valence-corrected chi connectivity index (χ3v) is 12.1. The number of nitro benzene ring substituents is 2. The second-order valence-electron chi connectivity index (χ2n) is 15.1. The summed E-state index contributed by atoms with van der Waals surface area (Å²) in [6.45, 7) is 1.73. The van der Waals surface area contributed by atoms with Crippen molar-refractivity contribution in [2.24, 2.45) is 23.7 Å². The van der Waals surface area contributed by atoms with Crippen molar-refractivity contribution in [3.8, 4) is 5.75 Å². The van der Waals surface area contributed by atoms with Gasteiger partial charge >= 0.3 is 11.4 Å². The van der Waals surface area contributed by atoms with Gasteiger partial charge in [0.05, 0.1) is 32.8 Å². The number of carbonyl (C=O) groups excluding carboxylic acids is 4. The highest BCUT2D eigenvalue weighted by atomic mass is 16.6. The Morgan fingerprint density at radius 2 is 1.45 bits per heavy atom. The van der Waals surface area contributed by atoms with Gasteiger partial charge in [0.15, 0.2) is 17.3 Å². The van der Waals surface area contributed by atoms with Gasteiger partial charge in [-0.05, 0) is 48.4 Å². The highest BCUT2D eigenvalue weighted by molar-refractivity contribution is 6.32. The number of phenols is 1. The Kier molecular flexibility index (Phi) is 8.55. The van der Waals surface area contributed by atoms with Crippen LogP contribution >= 0.6 is 0 Å². The fraction of sp³-hybridized carbons (Fsp3) is 0.256. The fourth-order valence-corrected chi connectivity index (χ4v) is 9.84. The molecular weight excluding hydrogens is 716 g/mol. The molecule has 4 aromatic rings. The number of Topliss-reactive ketones (excluding diaryl/α,β-unsaturated/α-hetero) is 1. The molecule has 13 heteroatoms. The Morgan fingerprint density at radius 1 is 0.821 bits per heavy atom. The largest absolute Gasteiger partial charge is 0.507 e. The van der Waals surface area contributed by atoms with Gasteiger partial charge in [-0.15, -0.1) is 0 Å². The molecule has 282 valence electrons. The molecule has 1 saturated carbocycles. The molecule has 0 aromatic heterocycles. The van der Waals surface area contributed by atoms with Gasteiger partial charge in [-0.25, -0.2) is 4.90 Å². The summed E-state index contributed by atoms with van der Waals surface area (Å²) in [5.41, 5.74) is -0.572. The highest BCUT2D eigenvalue weighted by Gasteiger charge is 2.66. The number of para-hydroxylation sites is 1. The predicted octanol–water partition coefficient (Wildman–Crippen LogP) is 6.61. The number of imide groups is 1. The molecule has 1 saturated heterocycles. The average Bonchev–Trinajstić information content (AvgIpc) is 3.45. The molecule has 56 heavy (non-hydrogen) atoms. The van der Waals surface area contributed by atoms with Crippen LogP contribution in [0.5, 0.6) is 5.75 Å². The lowest BCUT2D eigenvalue weighted by molar-refractivity contribution is -0.392. The summed E-state index contributed by atoms with van der Waals surface area (Å²) < 4.78 is 0. The number of hydrogen-bond donors (Lipinski definition) is 1. The fourth-order valence-electron chi connectivity index (χ4n) is 9.84. The van der Waals surface area contributed by atoms with Crippen molar-refractivity contribution in [3.63, 3.8) is 0 Å². The highest BCUT2D eigenvalue weighted by Crippen LogP contribution is 2.64. The summed E-state index contributed by atoms with van der Waals surface area (Å²) in [5.74, 6) is -6.95. The molecule has 0 radical (unpaired) electrons. The number of fused-ring (bicyclic) bond motifs is 4. The third-order valence-electron chi connectivity index (χ3n) is 12.1. The van der Waals surface area contributed by atoms with Crippen LogP contribution < -0.4 is 9.80 Å². The monoisotopic (exact) mass is 752 g/mol. The summed E-state index contributed by atoms with van der Waals surface area (Å²) >= 11 is 0. The van der Waals surface area contributed by atoms with Crippen molar-refractivity contribution in [3.05, 3.63) is 151 Å². The minimum Gasteiger partial charge on any atom is -0.507 e. The van der Waals surface area contributed by atoms with Crippen LogP contribution in [-0.4, -0.2) is 52.4 Å². The van der Waals surface area contributed by atoms with Gasteiger partial charge in [0.25, 0.3) is 0 Å². The maximum absolute atomic E-state index is 15.2. The standard InChI is InChI=1S/C43H36N4O9/c1-23-11-10-16-29(39(23)49)37-27-17-18-28-36(42(52)45(41(28)51)26-19-33(46(53)54)38(44(2)3)34(20-26)47(55)56)31(27)21-32-40(50)30(24-12-6-4-7-13-24)22-35(48)43(32,37)25-14-8-5-9-15-25/h4-17,19-20,22,28,31-32,36-37,49H,18,21H2,1-3H3/t28-,31+,32-,36-,37+,43-/m0/s1. The number of carbonyl (C=O) groups is 4. The molecule has 2 fully saturated rings. The Balaban J connectivity index is 1.34. The van der Waals surface area contributed by atoms with Crippen molar-refractivity contribution in [1.29, 1.82) is 0 Å². The van der Waals surface area contributed by atoms with Crippen LogP contribution in [0.1, 0.15) is 41.0 Å². The Morgan fingerprint density at radius 3 is 2.05 bits per heavy atom. The minimum absolute atomic E-state index is 0.00750. The first kappa shape index (κ1) is 36.2. The van der Waals surface area contributed by atoms with Crippen molar-refractivity contribution in [1.82, 2.24) is 0 Å². The van der Waals surface area contributed by atoms with E-state index in [2.05, 4.69) is 0 Å². The zero-order valence-corrected chi connectivity index (χ0v) is 30.6. The van der Waals surface area contributed by atoms with E-state index >= 15 is 9.59 Å². The molecule has 8 rings (SSSR count). The summed E-state index contributed by atoms with van der Waals surface area (Å²) in [6.07, 6.45) is 3.27. The van der Waals surface area contributed by atoms with E-state index in [9.17, 15) is 34.9 Å². The first-order chi connectivity index (χ1) is 26.8. The van der Waals surface area contributed by atoms with E-state index in [4.69, 9.17) is 0 Å². The lowest BCUT2D eigenvalue weighted by atomic mass is 9.44. The number of amides is 2. The second-order valence-corrected chi connectivity index (χ2v) is 15.1. The normalized spacial score (nSPS) is 25.5. The van der Waals surface area contributed by atoms with E-state index in [0.717, 1.165) is 17.0 Å². The van der Waals surface area contributed by atoms with Gasteiger partial charge in [0.1, 0.15) is 5.75 Å². The van der Waals surface area contributed by atoms with E-state index in [0.29, 0.717) is 27.8 Å². The number of nitro groups is 2. The molecule has 4 aliphatic rings. The number of benzene rings is 4. The van der Waals surface area contributed by atoms with E-state index in [-0.39, 0.29) is 47.1 Å². The van der Waals surface area contributed by atoms with Crippen LogP contribution in [-0.2, 0) is 24.6 Å². The van der Waals surface area contributed by atoms with Gasteiger partial charge < -0.3 is 10.0 Å². The van der Waals surface area contributed by atoms with E-state index in [1.807, 2.05) is 12.1 Å². The maximum Gasteiger partial charge on any atom is 0.301 e. The molecule has 0 unspecified atom stereocenters. The van der Waals surface area contributed by atoms with Crippen molar-refractivity contribution >= 4 is 51.7 Å². The van der Waals surface area contributed by atoms with Crippen molar-refractivity contribution in [2.45, 2.75) is 31.1 Å². The van der Waals surface area contributed by atoms with E-state index in [1.165, 1.54) is 25.1 Å². The zero-order chi connectivity index (χ0) is 39.8. The number of aryl methyl sites for hydroxylation is 1. The quantitative estimate of drug-likeness (QED) is 0.0934. The SMILES string of the molecule is Cc1cccc([C@H]2C3=CC[C@@H]4C(=O)N(c5cc([N+](=O)[O-])c(N(C)C)c([N+](=O)[O-])c5)C(=O)[C@@H]4[C@@H]3C[C@H]3C(=O)C(c4ccccc4)=CC(=O)[C@@]23c2ccccc2)c1O. The topological polar surface area (TPSA) is 181 Å². The summed E-state index contributed by atoms with van der Waals surface area (Å²) in [4.78, 5) is 84.3. The second kappa shape index (κ2) is 13.2. The molecule has 13 nitrogen and oxygen atoms in total. The van der Waals surface area contributed by atoms with Gasteiger partial charge in [-0.3, -0.25) is 39.4 Å². The number of phenolic OH excluding ortho intramolecular Hbond substituents is 1. The number of anilines is 2. The smallest absolute Gasteiger partial charge is 0.301 e. The number of nitrogens with zero attached hydrogens (tertiary/aromatic N) is 4. The minimum atomic E-state index is -1.55. The molecule has 4 aromatic carbocycles. The van der Waals surface area contributed by atoms with Crippen LogP contribution in [0.2, 0.25) is 0 Å². The van der Waals surface area contributed by atoms with E-state index in [1.54, 1.807) is 79.7 Å². The summed E-state index contributed by atoms with van der Waals surface area (Å²) in [5, 5.41) is 36.2. The molecule has 0 spiro atoms. The Labute approximate surface area is 320 Å². The van der Waals surface area contributed by atoms with Crippen LogP contribution in [0.15, 0.2) is 109 Å². The van der Waals surface area contributed by atoms with Crippen LogP contribution in [0.4, 0.5) is 22.7 Å². The van der Waals surface area contributed by atoms with Crippen molar-refractivity contribution < 1.29 is 34.1 Å². The number of ketones is 2. The van der Waals surface area contributed by atoms with Crippen LogP contribution in [0.3, 0.4) is 0 Å². The van der Waals surface area contributed by atoms with Gasteiger partial charge in [0.2, 0.25) is 11.8 Å². The molecule has 2 amide bonds. The molecule has 1 N–H and O–H groups in total.